The molecule has 7 heteroatoms. The quantitative estimate of drug-likeness (QED) is 0.683. The van der Waals surface area contributed by atoms with Crippen molar-refractivity contribution >= 4 is 5.91 Å². The van der Waals surface area contributed by atoms with E-state index in [0.717, 1.165) is 12.8 Å². The molecule has 0 aliphatic carbocycles. The van der Waals surface area contributed by atoms with Gasteiger partial charge in [0.2, 0.25) is 5.89 Å². The van der Waals surface area contributed by atoms with Crippen molar-refractivity contribution in [1.29, 1.82) is 0 Å². The second-order valence-corrected chi connectivity index (χ2v) is 7.61. The number of benzene rings is 1. The summed E-state index contributed by atoms with van der Waals surface area (Å²) in [5.74, 6) is 1.38. The van der Waals surface area contributed by atoms with Gasteiger partial charge in [0.1, 0.15) is 17.3 Å². The second kappa shape index (κ2) is 7.22. The smallest absolute Gasteiger partial charge is 0.276 e. The number of aromatic nitrogens is 2. The molecule has 0 saturated carbocycles. The summed E-state index contributed by atoms with van der Waals surface area (Å²) in [6.07, 6.45) is 3.68. The van der Waals surface area contributed by atoms with E-state index in [1.54, 1.807) is 42.3 Å². The highest BCUT2D eigenvalue weighted by atomic mass is 19.1. The van der Waals surface area contributed by atoms with Gasteiger partial charge in [-0.2, -0.15) is 0 Å². The van der Waals surface area contributed by atoms with E-state index in [-0.39, 0.29) is 11.7 Å². The van der Waals surface area contributed by atoms with Gasteiger partial charge in [0.05, 0.1) is 11.6 Å². The van der Waals surface area contributed by atoms with Crippen LogP contribution in [0.1, 0.15) is 53.2 Å². The van der Waals surface area contributed by atoms with Crippen molar-refractivity contribution in [3.8, 4) is 0 Å². The Balaban J connectivity index is 1.51. The maximum Gasteiger partial charge on any atom is 0.276 e. The van der Waals surface area contributed by atoms with Gasteiger partial charge in [-0.15, -0.1) is 0 Å². The summed E-state index contributed by atoms with van der Waals surface area (Å²) >= 11 is 0. The van der Waals surface area contributed by atoms with Crippen molar-refractivity contribution in [3.05, 3.63) is 71.0 Å². The number of rotatable bonds is 4. The number of oxazole rings is 1. The van der Waals surface area contributed by atoms with Crippen LogP contribution in [-0.4, -0.2) is 34.0 Å². The molecule has 146 valence electrons. The van der Waals surface area contributed by atoms with E-state index in [0.29, 0.717) is 48.2 Å². The van der Waals surface area contributed by atoms with Crippen LogP contribution in [0.2, 0.25) is 0 Å². The predicted molar refractivity (Wildman–Crippen MR) is 99.4 cm³/mol. The van der Waals surface area contributed by atoms with Crippen LogP contribution in [0.5, 0.6) is 0 Å². The van der Waals surface area contributed by atoms with E-state index < -0.39 is 5.41 Å². The second-order valence-electron chi connectivity index (χ2n) is 7.61. The highest BCUT2D eigenvalue weighted by molar-refractivity contribution is 5.92. The van der Waals surface area contributed by atoms with E-state index in [1.165, 1.54) is 6.07 Å². The largest absolute Gasteiger partial charge is 0.445 e. The first kappa shape index (κ1) is 18.4. The molecule has 2 aromatic heterocycles. The Labute approximate surface area is 162 Å². The van der Waals surface area contributed by atoms with Crippen LogP contribution in [0.15, 0.2) is 45.5 Å². The van der Waals surface area contributed by atoms with Crippen molar-refractivity contribution in [2.75, 3.05) is 13.1 Å². The third-order valence-corrected chi connectivity index (χ3v) is 5.22. The number of nitrogens with zero attached hydrogens (tertiary/aromatic N) is 3. The Kier molecular flexibility index (Phi) is 4.75. The molecular weight excluding hydrogens is 361 g/mol. The number of piperidine rings is 1. The lowest BCUT2D eigenvalue weighted by atomic mass is 9.81. The zero-order valence-electron chi connectivity index (χ0n) is 15.9. The molecule has 4 rings (SSSR count). The van der Waals surface area contributed by atoms with Crippen LogP contribution >= 0.6 is 0 Å². The van der Waals surface area contributed by atoms with Crippen LogP contribution in [0.3, 0.4) is 0 Å². The molecule has 3 aromatic rings. The topological polar surface area (TPSA) is 72.4 Å². The summed E-state index contributed by atoms with van der Waals surface area (Å²) in [6, 6.07) is 8.28. The Hall–Kier alpha value is -2.96. The Morgan fingerprint density at radius 3 is 2.93 bits per heavy atom. The maximum atomic E-state index is 13.9. The third kappa shape index (κ3) is 3.56. The summed E-state index contributed by atoms with van der Waals surface area (Å²) in [4.78, 5) is 18.9. The SMILES string of the molecule is Cc1cc(C(=O)N2CCC[C@](C)(c3ncc(Cc4ccccc4F)o3)C2)no1. The van der Waals surface area contributed by atoms with Gasteiger partial charge in [-0.25, -0.2) is 9.37 Å². The lowest BCUT2D eigenvalue weighted by Crippen LogP contribution is -2.47. The minimum Gasteiger partial charge on any atom is -0.445 e. The standard InChI is InChI=1S/C21H22FN3O3/c1-14-10-18(24-28-14)19(26)25-9-5-8-21(2,13-25)20-23-12-16(27-20)11-15-6-3-4-7-17(15)22/h3-4,6-7,10,12H,5,8-9,11,13H2,1-2H3/t21-/m0/s1. The number of hydrogen-bond donors (Lipinski definition) is 0. The lowest BCUT2D eigenvalue weighted by Gasteiger charge is -2.38. The zero-order valence-corrected chi connectivity index (χ0v) is 15.9. The number of aryl methyl sites for hydroxylation is 1. The molecule has 28 heavy (non-hydrogen) atoms. The van der Waals surface area contributed by atoms with E-state index in [4.69, 9.17) is 8.94 Å². The molecule has 1 aliphatic rings. The molecule has 6 nitrogen and oxygen atoms in total. The molecule has 3 heterocycles. The number of carbonyl (C=O) groups excluding carboxylic acids is 1. The van der Waals surface area contributed by atoms with E-state index >= 15 is 0 Å². The van der Waals surface area contributed by atoms with Crippen LogP contribution < -0.4 is 0 Å². The average Bonchev–Trinajstić information content (AvgIpc) is 3.33. The monoisotopic (exact) mass is 383 g/mol. The van der Waals surface area contributed by atoms with Gasteiger partial charge in [0.25, 0.3) is 5.91 Å². The third-order valence-electron chi connectivity index (χ3n) is 5.22. The van der Waals surface area contributed by atoms with E-state index in [9.17, 15) is 9.18 Å². The molecule has 1 aromatic carbocycles. The van der Waals surface area contributed by atoms with Crippen LogP contribution in [0.25, 0.3) is 0 Å². The highest BCUT2D eigenvalue weighted by Crippen LogP contribution is 2.34. The fourth-order valence-electron chi connectivity index (χ4n) is 3.71. The van der Waals surface area contributed by atoms with Gasteiger partial charge < -0.3 is 13.8 Å². The Morgan fingerprint density at radius 2 is 2.18 bits per heavy atom. The molecule has 1 aliphatic heterocycles. The first-order valence-electron chi connectivity index (χ1n) is 9.36. The van der Waals surface area contributed by atoms with Gasteiger partial charge >= 0.3 is 0 Å². The number of halogens is 1. The summed E-state index contributed by atoms with van der Waals surface area (Å²) in [6.45, 7) is 4.94. The normalized spacial score (nSPS) is 19.8. The molecule has 1 fully saturated rings. The van der Waals surface area contributed by atoms with Crippen molar-refractivity contribution in [1.82, 2.24) is 15.0 Å². The number of hydrogen-bond acceptors (Lipinski definition) is 5. The zero-order chi connectivity index (χ0) is 19.7. The van der Waals surface area contributed by atoms with Crippen molar-refractivity contribution < 1.29 is 18.1 Å². The minimum atomic E-state index is -0.403. The Bertz CT molecular complexity index is 996. The van der Waals surface area contributed by atoms with Crippen LogP contribution in [0, 0.1) is 12.7 Å². The molecule has 0 spiro atoms. The van der Waals surface area contributed by atoms with Crippen molar-refractivity contribution in [3.63, 3.8) is 0 Å². The molecular formula is C21H22FN3O3. The summed E-state index contributed by atoms with van der Waals surface area (Å²) in [5, 5.41) is 3.83. The Morgan fingerprint density at radius 1 is 1.36 bits per heavy atom. The first-order chi connectivity index (χ1) is 13.4. The van der Waals surface area contributed by atoms with Gasteiger partial charge in [-0.1, -0.05) is 23.4 Å². The van der Waals surface area contributed by atoms with E-state index in [1.807, 2.05) is 6.92 Å². The summed E-state index contributed by atoms with van der Waals surface area (Å²) in [5.41, 5.74) is 0.479. The molecule has 0 radical (unpaired) electrons. The highest BCUT2D eigenvalue weighted by Gasteiger charge is 2.39. The van der Waals surface area contributed by atoms with E-state index in [2.05, 4.69) is 10.1 Å². The fourth-order valence-corrected chi connectivity index (χ4v) is 3.71. The number of carbonyl (C=O) groups is 1. The summed E-state index contributed by atoms with van der Waals surface area (Å²) < 4.78 is 24.9. The fraction of sp³-hybridized carbons (Fsp3) is 0.381. The minimum absolute atomic E-state index is 0.152. The number of amides is 1. The van der Waals surface area contributed by atoms with Gasteiger partial charge in [-0.05, 0) is 38.3 Å². The van der Waals surface area contributed by atoms with Crippen LogP contribution in [-0.2, 0) is 11.8 Å². The summed E-state index contributed by atoms with van der Waals surface area (Å²) in [7, 11) is 0. The lowest BCUT2D eigenvalue weighted by molar-refractivity contribution is 0.0615. The number of likely N-dealkylation sites (tertiary alicyclic amines) is 1. The molecule has 1 amide bonds. The van der Waals surface area contributed by atoms with Gasteiger partial charge in [-0.3, -0.25) is 4.79 Å². The molecule has 0 bridgehead atoms. The molecule has 1 saturated heterocycles. The van der Waals surface area contributed by atoms with Gasteiger partial charge in [0, 0.05) is 25.6 Å². The average molecular weight is 383 g/mol. The first-order valence-corrected chi connectivity index (χ1v) is 9.36. The van der Waals surface area contributed by atoms with Crippen LogP contribution in [0.4, 0.5) is 4.39 Å². The molecule has 0 unspecified atom stereocenters. The maximum absolute atomic E-state index is 13.9. The molecule has 1 atom stereocenters. The predicted octanol–water partition coefficient (Wildman–Crippen LogP) is 3.89. The van der Waals surface area contributed by atoms with Gasteiger partial charge in [0.15, 0.2) is 5.69 Å². The molecule has 0 N–H and O–H groups in total. The van der Waals surface area contributed by atoms with Crippen molar-refractivity contribution in [2.24, 2.45) is 0 Å². The van der Waals surface area contributed by atoms with Crippen molar-refractivity contribution in [2.45, 2.75) is 38.5 Å².